The van der Waals surface area contributed by atoms with Gasteiger partial charge in [0.1, 0.15) is 0 Å². The Morgan fingerprint density at radius 2 is 2.50 bits per heavy atom. The van der Waals surface area contributed by atoms with Crippen LogP contribution in [0.3, 0.4) is 0 Å². The highest BCUT2D eigenvalue weighted by Crippen LogP contribution is 2.39. The number of ether oxygens (including phenoxy) is 1. The topological polar surface area (TPSA) is 48.8 Å². The molecule has 1 N–H and O–H groups in total. The summed E-state index contributed by atoms with van der Waals surface area (Å²) in [6, 6.07) is 6.40. The second-order valence-electron chi connectivity index (χ2n) is 3.82. The number of aromatic amines is 1. The molecule has 1 fully saturated rings. The summed E-state index contributed by atoms with van der Waals surface area (Å²) in [5.41, 5.74) is 1.06. The molecule has 1 atom stereocenters. The van der Waals surface area contributed by atoms with Gasteiger partial charge in [-0.05, 0) is 18.6 Å². The van der Waals surface area contributed by atoms with Gasteiger partial charge in [0.05, 0.1) is 30.6 Å². The SMILES string of the molecule is CCC(C#N)C1(c2ccc[nH]2)COC1. The van der Waals surface area contributed by atoms with E-state index in [2.05, 4.69) is 18.0 Å². The van der Waals surface area contributed by atoms with E-state index in [0.29, 0.717) is 13.2 Å². The molecule has 0 saturated carbocycles. The van der Waals surface area contributed by atoms with Crippen molar-refractivity contribution in [3.05, 3.63) is 24.0 Å². The minimum atomic E-state index is -0.0764. The summed E-state index contributed by atoms with van der Waals surface area (Å²) in [7, 11) is 0. The van der Waals surface area contributed by atoms with Crippen molar-refractivity contribution in [2.24, 2.45) is 5.92 Å². The van der Waals surface area contributed by atoms with E-state index in [1.165, 1.54) is 0 Å². The first-order valence-electron chi connectivity index (χ1n) is 4.94. The van der Waals surface area contributed by atoms with Crippen molar-refractivity contribution >= 4 is 0 Å². The van der Waals surface area contributed by atoms with E-state index in [1.807, 2.05) is 18.3 Å². The molecule has 0 spiro atoms. The van der Waals surface area contributed by atoms with E-state index in [0.717, 1.165) is 12.1 Å². The third kappa shape index (κ3) is 1.15. The average Bonchev–Trinajstić information content (AvgIpc) is 2.63. The molecule has 14 heavy (non-hydrogen) atoms. The van der Waals surface area contributed by atoms with Crippen molar-refractivity contribution in [1.82, 2.24) is 4.98 Å². The number of rotatable bonds is 3. The van der Waals surface area contributed by atoms with Crippen LogP contribution in [0.15, 0.2) is 18.3 Å². The van der Waals surface area contributed by atoms with Crippen LogP contribution < -0.4 is 0 Å². The van der Waals surface area contributed by atoms with Crippen LogP contribution >= 0.6 is 0 Å². The Morgan fingerprint density at radius 1 is 1.71 bits per heavy atom. The lowest BCUT2D eigenvalue weighted by molar-refractivity contribution is -0.0824. The summed E-state index contributed by atoms with van der Waals surface area (Å²) >= 11 is 0. The zero-order chi connectivity index (χ0) is 10.0. The van der Waals surface area contributed by atoms with Crippen molar-refractivity contribution < 1.29 is 4.74 Å². The van der Waals surface area contributed by atoms with Crippen LogP contribution in [0.25, 0.3) is 0 Å². The van der Waals surface area contributed by atoms with Crippen LogP contribution in [-0.4, -0.2) is 18.2 Å². The molecule has 3 nitrogen and oxygen atoms in total. The maximum Gasteiger partial charge on any atom is 0.0728 e. The highest BCUT2D eigenvalue weighted by atomic mass is 16.5. The first-order chi connectivity index (χ1) is 6.83. The number of nitrogens with one attached hydrogen (secondary N) is 1. The fourth-order valence-electron chi connectivity index (χ4n) is 2.11. The predicted molar refractivity (Wildman–Crippen MR) is 52.7 cm³/mol. The molecule has 0 aliphatic carbocycles. The molecular weight excluding hydrogens is 176 g/mol. The highest BCUT2D eigenvalue weighted by Gasteiger charge is 2.47. The van der Waals surface area contributed by atoms with Crippen molar-refractivity contribution in [1.29, 1.82) is 5.26 Å². The first-order valence-corrected chi connectivity index (χ1v) is 4.94. The van der Waals surface area contributed by atoms with Gasteiger partial charge in [-0.3, -0.25) is 0 Å². The molecule has 1 aromatic heterocycles. The molecule has 1 saturated heterocycles. The minimum absolute atomic E-state index is 0.0508. The van der Waals surface area contributed by atoms with Crippen molar-refractivity contribution in [2.45, 2.75) is 18.8 Å². The van der Waals surface area contributed by atoms with E-state index in [-0.39, 0.29) is 11.3 Å². The van der Waals surface area contributed by atoms with E-state index in [9.17, 15) is 0 Å². The third-order valence-electron chi connectivity index (χ3n) is 3.08. The summed E-state index contributed by atoms with van der Waals surface area (Å²) < 4.78 is 5.28. The lowest BCUT2D eigenvalue weighted by atomic mass is 9.70. The van der Waals surface area contributed by atoms with Gasteiger partial charge in [-0.1, -0.05) is 6.92 Å². The monoisotopic (exact) mass is 190 g/mol. The van der Waals surface area contributed by atoms with Gasteiger partial charge in [-0.25, -0.2) is 0 Å². The third-order valence-corrected chi connectivity index (χ3v) is 3.08. The second kappa shape index (κ2) is 3.47. The molecule has 2 rings (SSSR count). The molecule has 1 aliphatic heterocycles. The molecule has 1 aromatic rings. The van der Waals surface area contributed by atoms with E-state index < -0.39 is 0 Å². The quantitative estimate of drug-likeness (QED) is 0.790. The fraction of sp³-hybridized carbons (Fsp3) is 0.545. The molecule has 0 bridgehead atoms. The lowest BCUT2D eigenvalue weighted by Gasteiger charge is -2.43. The van der Waals surface area contributed by atoms with Gasteiger partial charge >= 0.3 is 0 Å². The van der Waals surface area contributed by atoms with Gasteiger partial charge in [0.25, 0.3) is 0 Å². The summed E-state index contributed by atoms with van der Waals surface area (Å²) in [5.74, 6) is 0.0508. The minimum Gasteiger partial charge on any atom is -0.379 e. The van der Waals surface area contributed by atoms with Crippen LogP contribution in [-0.2, 0) is 10.2 Å². The summed E-state index contributed by atoms with van der Waals surface area (Å²) in [5, 5.41) is 9.11. The average molecular weight is 190 g/mol. The number of hydrogen-bond acceptors (Lipinski definition) is 2. The smallest absolute Gasteiger partial charge is 0.0728 e. The summed E-state index contributed by atoms with van der Waals surface area (Å²) in [6.45, 7) is 3.38. The van der Waals surface area contributed by atoms with Gasteiger partial charge in [0, 0.05) is 11.9 Å². The first kappa shape index (κ1) is 9.29. The van der Waals surface area contributed by atoms with Crippen molar-refractivity contribution in [3.8, 4) is 6.07 Å². The van der Waals surface area contributed by atoms with Gasteiger partial charge in [0.2, 0.25) is 0 Å². The molecule has 3 heteroatoms. The van der Waals surface area contributed by atoms with Crippen molar-refractivity contribution in [3.63, 3.8) is 0 Å². The van der Waals surface area contributed by atoms with Crippen LogP contribution in [0.5, 0.6) is 0 Å². The highest BCUT2D eigenvalue weighted by molar-refractivity contribution is 5.25. The molecule has 0 amide bonds. The molecule has 1 aliphatic rings. The molecule has 74 valence electrons. The number of hydrogen-bond donors (Lipinski definition) is 1. The van der Waals surface area contributed by atoms with Crippen LogP contribution in [0.4, 0.5) is 0 Å². The fourth-order valence-corrected chi connectivity index (χ4v) is 2.11. The Bertz CT molecular complexity index is 333. The molecule has 2 heterocycles. The Labute approximate surface area is 83.7 Å². The Morgan fingerprint density at radius 3 is 2.86 bits per heavy atom. The lowest BCUT2D eigenvalue weighted by Crippen LogP contribution is -2.52. The summed E-state index contributed by atoms with van der Waals surface area (Å²) in [4.78, 5) is 3.20. The molecule has 0 radical (unpaired) electrons. The van der Waals surface area contributed by atoms with Crippen LogP contribution in [0.1, 0.15) is 19.0 Å². The zero-order valence-corrected chi connectivity index (χ0v) is 8.29. The molecular formula is C11H14N2O. The Hall–Kier alpha value is -1.27. The van der Waals surface area contributed by atoms with E-state index in [4.69, 9.17) is 10.00 Å². The van der Waals surface area contributed by atoms with Gasteiger partial charge in [-0.2, -0.15) is 5.26 Å². The number of nitriles is 1. The van der Waals surface area contributed by atoms with Crippen LogP contribution in [0.2, 0.25) is 0 Å². The van der Waals surface area contributed by atoms with Crippen LogP contribution in [0, 0.1) is 17.2 Å². The summed E-state index contributed by atoms with van der Waals surface area (Å²) in [6.07, 6.45) is 2.78. The number of aromatic nitrogens is 1. The maximum atomic E-state index is 9.11. The van der Waals surface area contributed by atoms with Gasteiger partial charge < -0.3 is 9.72 Å². The van der Waals surface area contributed by atoms with Gasteiger partial charge in [0.15, 0.2) is 0 Å². The Kier molecular flexibility index (Phi) is 2.30. The Balaban J connectivity index is 2.31. The standard InChI is InChI=1S/C11H14N2O/c1-2-9(6-12)11(7-14-8-11)10-4-3-5-13-10/h3-5,9,13H,2,7-8H2,1H3. The molecule has 1 unspecified atom stereocenters. The van der Waals surface area contributed by atoms with E-state index in [1.54, 1.807) is 0 Å². The zero-order valence-electron chi connectivity index (χ0n) is 8.29. The largest absolute Gasteiger partial charge is 0.379 e. The normalized spacial score (nSPS) is 20.9. The second-order valence-corrected chi connectivity index (χ2v) is 3.82. The number of H-pyrrole nitrogens is 1. The van der Waals surface area contributed by atoms with Gasteiger partial charge in [-0.15, -0.1) is 0 Å². The van der Waals surface area contributed by atoms with E-state index >= 15 is 0 Å². The van der Waals surface area contributed by atoms with Crippen molar-refractivity contribution in [2.75, 3.05) is 13.2 Å². The number of nitrogens with zero attached hydrogens (tertiary/aromatic N) is 1. The molecule has 0 aromatic carbocycles. The predicted octanol–water partition coefficient (Wildman–Crippen LogP) is 1.83. The maximum absolute atomic E-state index is 9.11.